The highest BCUT2D eigenvalue weighted by molar-refractivity contribution is 6.07. The maximum absolute atomic E-state index is 12.9. The minimum Gasteiger partial charge on any atom is -0.338 e. The van der Waals surface area contributed by atoms with Gasteiger partial charge in [0.1, 0.15) is 5.54 Å². The molecular formula is C20H25N3O3. The number of carbonyl (C=O) groups excluding carboxylic acids is 3. The standard InChI is InChI=1S/C20H25N3O3/c1-14-4-6-15(7-5-14)17(24)22-12-8-16(9-13-22)23-18(25)20(21-19(23)26)10-2-3-11-20/h4-7,16H,2-3,8-13H2,1H3,(H,21,26). The number of nitrogens with zero attached hydrogens (tertiary/aromatic N) is 2. The molecule has 2 heterocycles. The van der Waals surface area contributed by atoms with Crippen molar-refractivity contribution in [1.82, 2.24) is 15.1 Å². The van der Waals surface area contributed by atoms with Crippen molar-refractivity contribution < 1.29 is 14.4 Å². The van der Waals surface area contributed by atoms with Crippen LogP contribution in [0.4, 0.5) is 4.79 Å². The summed E-state index contributed by atoms with van der Waals surface area (Å²) in [5.74, 6) is -0.0313. The molecule has 1 N–H and O–H groups in total. The summed E-state index contributed by atoms with van der Waals surface area (Å²) in [4.78, 5) is 41.2. The molecule has 0 radical (unpaired) electrons. The van der Waals surface area contributed by atoms with Crippen LogP contribution in [-0.2, 0) is 4.79 Å². The van der Waals surface area contributed by atoms with Crippen molar-refractivity contribution in [2.75, 3.05) is 13.1 Å². The van der Waals surface area contributed by atoms with Gasteiger partial charge in [0, 0.05) is 24.7 Å². The SMILES string of the molecule is Cc1ccc(C(=O)N2CCC(N3C(=O)NC4(CCCC4)C3=O)CC2)cc1. The van der Waals surface area contributed by atoms with Crippen LogP contribution in [0.15, 0.2) is 24.3 Å². The Labute approximate surface area is 153 Å². The molecule has 3 aliphatic rings. The van der Waals surface area contributed by atoms with Crippen LogP contribution in [0.5, 0.6) is 0 Å². The van der Waals surface area contributed by atoms with Gasteiger partial charge in [-0.15, -0.1) is 0 Å². The molecule has 1 saturated carbocycles. The summed E-state index contributed by atoms with van der Waals surface area (Å²) in [6.07, 6.45) is 4.77. The molecule has 1 aliphatic carbocycles. The Balaban J connectivity index is 1.40. The van der Waals surface area contributed by atoms with Crippen LogP contribution in [0, 0.1) is 6.92 Å². The Morgan fingerprint density at radius 2 is 1.69 bits per heavy atom. The largest absolute Gasteiger partial charge is 0.338 e. The van der Waals surface area contributed by atoms with Gasteiger partial charge >= 0.3 is 6.03 Å². The predicted molar refractivity (Wildman–Crippen MR) is 96.7 cm³/mol. The molecule has 4 amide bonds. The molecule has 3 fully saturated rings. The second-order valence-corrected chi connectivity index (χ2v) is 7.78. The van der Waals surface area contributed by atoms with Gasteiger partial charge in [-0.25, -0.2) is 4.79 Å². The van der Waals surface area contributed by atoms with Gasteiger partial charge in [-0.2, -0.15) is 0 Å². The number of benzene rings is 1. The molecule has 6 heteroatoms. The molecule has 138 valence electrons. The molecule has 0 bridgehead atoms. The number of hydrogen-bond acceptors (Lipinski definition) is 3. The third kappa shape index (κ3) is 2.77. The molecule has 1 aromatic carbocycles. The normalized spacial score (nSPS) is 23.0. The highest BCUT2D eigenvalue weighted by atomic mass is 16.2. The Morgan fingerprint density at radius 3 is 2.31 bits per heavy atom. The number of hydrogen-bond donors (Lipinski definition) is 1. The molecule has 6 nitrogen and oxygen atoms in total. The molecule has 4 rings (SSSR count). The van der Waals surface area contributed by atoms with Crippen LogP contribution in [0.3, 0.4) is 0 Å². The summed E-state index contributed by atoms with van der Waals surface area (Å²) in [5.41, 5.74) is 1.17. The first-order valence-corrected chi connectivity index (χ1v) is 9.52. The van der Waals surface area contributed by atoms with Gasteiger partial charge in [0.2, 0.25) is 0 Å². The Morgan fingerprint density at radius 1 is 1.08 bits per heavy atom. The highest BCUT2D eigenvalue weighted by Gasteiger charge is 2.54. The first-order chi connectivity index (χ1) is 12.5. The molecule has 2 aliphatic heterocycles. The second kappa shape index (κ2) is 6.41. The zero-order valence-corrected chi connectivity index (χ0v) is 15.2. The van der Waals surface area contributed by atoms with E-state index in [2.05, 4.69) is 5.32 Å². The Hall–Kier alpha value is -2.37. The van der Waals surface area contributed by atoms with Gasteiger partial charge in [-0.05, 0) is 44.7 Å². The fourth-order valence-electron chi connectivity index (χ4n) is 4.50. The average molecular weight is 355 g/mol. The van der Waals surface area contributed by atoms with E-state index in [-0.39, 0.29) is 23.9 Å². The quantitative estimate of drug-likeness (QED) is 0.829. The number of urea groups is 1. The van der Waals surface area contributed by atoms with E-state index >= 15 is 0 Å². The van der Waals surface area contributed by atoms with Gasteiger partial charge in [-0.3, -0.25) is 14.5 Å². The number of aryl methyl sites for hydroxylation is 1. The summed E-state index contributed by atoms with van der Waals surface area (Å²) in [7, 11) is 0. The lowest BCUT2D eigenvalue weighted by atomic mass is 9.96. The third-order valence-corrected chi connectivity index (χ3v) is 6.07. The van der Waals surface area contributed by atoms with E-state index in [1.54, 1.807) is 0 Å². The lowest BCUT2D eigenvalue weighted by Gasteiger charge is -2.35. The smallest absolute Gasteiger partial charge is 0.325 e. The number of nitrogens with one attached hydrogen (secondary N) is 1. The average Bonchev–Trinajstić information content (AvgIpc) is 3.21. The van der Waals surface area contributed by atoms with E-state index < -0.39 is 5.54 Å². The number of amides is 4. The van der Waals surface area contributed by atoms with Crippen molar-refractivity contribution in [3.8, 4) is 0 Å². The number of piperidine rings is 1. The maximum Gasteiger partial charge on any atom is 0.325 e. The Bertz CT molecular complexity index is 729. The van der Waals surface area contributed by atoms with Crippen molar-refractivity contribution >= 4 is 17.8 Å². The van der Waals surface area contributed by atoms with Crippen molar-refractivity contribution in [1.29, 1.82) is 0 Å². The first-order valence-electron chi connectivity index (χ1n) is 9.52. The zero-order chi connectivity index (χ0) is 18.3. The summed E-state index contributed by atoms with van der Waals surface area (Å²) >= 11 is 0. The topological polar surface area (TPSA) is 69.7 Å². The fourth-order valence-corrected chi connectivity index (χ4v) is 4.50. The van der Waals surface area contributed by atoms with Crippen molar-refractivity contribution in [3.63, 3.8) is 0 Å². The molecule has 0 aromatic heterocycles. The van der Waals surface area contributed by atoms with Crippen LogP contribution >= 0.6 is 0 Å². The summed E-state index contributed by atoms with van der Waals surface area (Å²) in [6, 6.07) is 7.23. The van der Waals surface area contributed by atoms with Crippen LogP contribution in [-0.4, -0.2) is 52.3 Å². The second-order valence-electron chi connectivity index (χ2n) is 7.78. The fraction of sp³-hybridized carbons (Fsp3) is 0.550. The van der Waals surface area contributed by atoms with Crippen molar-refractivity contribution in [2.24, 2.45) is 0 Å². The number of rotatable bonds is 2. The Kier molecular flexibility index (Phi) is 4.21. The lowest BCUT2D eigenvalue weighted by molar-refractivity contribution is -0.133. The predicted octanol–water partition coefficient (Wildman–Crippen LogP) is 2.46. The molecule has 26 heavy (non-hydrogen) atoms. The van der Waals surface area contributed by atoms with Crippen LogP contribution < -0.4 is 5.32 Å². The molecule has 1 aromatic rings. The number of likely N-dealkylation sites (tertiary alicyclic amines) is 1. The summed E-state index contributed by atoms with van der Waals surface area (Å²) in [5, 5.41) is 2.95. The maximum atomic E-state index is 12.9. The van der Waals surface area contributed by atoms with Gasteiger partial charge < -0.3 is 10.2 Å². The zero-order valence-electron chi connectivity index (χ0n) is 15.2. The third-order valence-electron chi connectivity index (χ3n) is 6.07. The van der Waals surface area contributed by atoms with E-state index in [1.807, 2.05) is 36.1 Å². The van der Waals surface area contributed by atoms with Gasteiger partial charge in [-0.1, -0.05) is 30.5 Å². The number of carbonyl (C=O) groups is 3. The van der Waals surface area contributed by atoms with E-state index in [0.717, 1.165) is 31.2 Å². The molecule has 2 saturated heterocycles. The van der Waals surface area contributed by atoms with E-state index in [9.17, 15) is 14.4 Å². The van der Waals surface area contributed by atoms with Gasteiger partial charge in [0.15, 0.2) is 0 Å². The van der Waals surface area contributed by atoms with Crippen molar-refractivity contribution in [2.45, 2.75) is 57.0 Å². The van der Waals surface area contributed by atoms with Crippen LogP contribution in [0.1, 0.15) is 54.4 Å². The van der Waals surface area contributed by atoms with E-state index in [0.29, 0.717) is 31.5 Å². The molecule has 0 atom stereocenters. The minimum atomic E-state index is -0.647. The van der Waals surface area contributed by atoms with Gasteiger partial charge in [0.05, 0.1) is 0 Å². The first kappa shape index (κ1) is 17.1. The van der Waals surface area contributed by atoms with E-state index in [1.165, 1.54) is 4.90 Å². The van der Waals surface area contributed by atoms with Crippen LogP contribution in [0.25, 0.3) is 0 Å². The molecule has 0 unspecified atom stereocenters. The number of imide groups is 1. The van der Waals surface area contributed by atoms with Crippen LogP contribution in [0.2, 0.25) is 0 Å². The van der Waals surface area contributed by atoms with Gasteiger partial charge in [0.25, 0.3) is 11.8 Å². The highest BCUT2D eigenvalue weighted by Crippen LogP contribution is 2.37. The van der Waals surface area contributed by atoms with Crippen molar-refractivity contribution in [3.05, 3.63) is 35.4 Å². The molecule has 1 spiro atoms. The minimum absolute atomic E-state index is 0.0212. The lowest BCUT2D eigenvalue weighted by Crippen LogP contribution is -2.50. The summed E-state index contributed by atoms with van der Waals surface area (Å²) < 4.78 is 0. The monoisotopic (exact) mass is 355 g/mol. The van der Waals surface area contributed by atoms with E-state index in [4.69, 9.17) is 0 Å². The summed E-state index contributed by atoms with van der Waals surface area (Å²) in [6.45, 7) is 3.14. The molecular weight excluding hydrogens is 330 g/mol.